The van der Waals surface area contributed by atoms with Crippen molar-refractivity contribution in [2.45, 2.75) is 94.8 Å². The lowest BCUT2D eigenvalue weighted by atomic mass is 9.49. The third-order valence-corrected chi connectivity index (χ3v) is 11.2. The molecule has 2 heterocycles. The quantitative estimate of drug-likeness (QED) is 0.377. The van der Waals surface area contributed by atoms with Crippen LogP contribution in [-0.4, -0.2) is 59.5 Å². The second-order valence-corrected chi connectivity index (χ2v) is 15.5. The Morgan fingerprint density at radius 3 is 2.41 bits per heavy atom. The lowest BCUT2D eigenvalue weighted by Gasteiger charge is -2.64. The summed E-state index contributed by atoms with van der Waals surface area (Å²) in [6.07, 6.45) is 6.33. The standard InChI is InChI=1S/C34H41N5O4S/c1-20(2)11-27-19-43-30-15-29(31-21(3)7-5-8-22(31)4)35-33(36-30)38-44(41,42)28-10-6-9-24(12-28)32(40)39(27)26-13-25(14-26)37-34-16-23(17-34)18-34/h5-10,12,15,20,23,25-27,37H,11,13-14,16-19H2,1-4H3,(H,35,36,38)/t23?,25?,26?,27-,34?/m1/s1. The van der Waals surface area contributed by atoms with Crippen LogP contribution in [0.5, 0.6) is 5.88 Å². The van der Waals surface area contributed by atoms with E-state index < -0.39 is 10.0 Å². The molecular weight excluding hydrogens is 574 g/mol. The Labute approximate surface area is 259 Å². The molecule has 3 aromatic rings. The molecule has 10 heteroatoms. The van der Waals surface area contributed by atoms with Crippen LogP contribution in [0.15, 0.2) is 53.4 Å². The number of rotatable bonds is 6. The van der Waals surface area contributed by atoms with E-state index in [1.807, 2.05) is 36.9 Å². The lowest BCUT2D eigenvalue weighted by molar-refractivity contribution is -0.0744. The van der Waals surface area contributed by atoms with Crippen molar-refractivity contribution in [3.8, 4) is 17.1 Å². The largest absolute Gasteiger partial charge is 0.475 e. The lowest BCUT2D eigenvalue weighted by Crippen LogP contribution is -2.71. The molecule has 1 aromatic heterocycles. The number of benzene rings is 2. The van der Waals surface area contributed by atoms with Crippen molar-refractivity contribution in [2.75, 3.05) is 11.3 Å². The number of nitrogens with one attached hydrogen (secondary N) is 2. The van der Waals surface area contributed by atoms with Crippen LogP contribution in [0.2, 0.25) is 0 Å². The molecule has 44 heavy (non-hydrogen) atoms. The minimum atomic E-state index is -4.10. The highest BCUT2D eigenvalue weighted by atomic mass is 32.2. The number of nitrogens with zero attached hydrogens (tertiary/aromatic N) is 3. The summed E-state index contributed by atoms with van der Waals surface area (Å²) < 4.78 is 36.1. The molecule has 1 amide bonds. The van der Waals surface area contributed by atoms with E-state index in [9.17, 15) is 13.2 Å². The van der Waals surface area contributed by atoms with Gasteiger partial charge in [-0.25, -0.2) is 18.1 Å². The minimum absolute atomic E-state index is 0.0109. The van der Waals surface area contributed by atoms with Gasteiger partial charge in [-0.3, -0.25) is 4.79 Å². The normalized spacial score (nSPS) is 28.7. The highest BCUT2D eigenvalue weighted by molar-refractivity contribution is 7.92. The zero-order chi connectivity index (χ0) is 30.8. The predicted octanol–water partition coefficient (Wildman–Crippen LogP) is 5.48. The maximum Gasteiger partial charge on any atom is 0.264 e. The van der Waals surface area contributed by atoms with Crippen LogP contribution in [0.25, 0.3) is 11.3 Å². The molecule has 2 N–H and O–H groups in total. The van der Waals surface area contributed by atoms with Crippen molar-refractivity contribution in [1.29, 1.82) is 0 Å². The number of fused-ring (bicyclic) bond motifs is 4. The molecule has 1 aliphatic heterocycles. The third kappa shape index (κ3) is 5.36. The van der Waals surface area contributed by atoms with Gasteiger partial charge in [0.15, 0.2) is 0 Å². The molecule has 6 bridgehead atoms. The highest BCUT2D eigenvalue weighted by Crippen LogP contribution is 2.57. The molecule has 4 saturated carbocycles. The molecule has 8 rings (SSSR count). The van der Waals surface area contributed by atoms with Gasteiger partial charge < -0.3 is 15.0 Å². The van der Waals surface area contributed by atoms with Crippen LogP contribution in [0.4, 0.5) is 5.95 Å². The van der Waals surface area contributed by atoms with Crippen molar-refractivity contribution in [1.82, 2.24) is 20.2 Å². The zero-order valence-electron chi connectivity index (χ0n) is 25.8. The Balaban J connectivity index is 1.28. The van der Waals surface area contributed by atoms with E-state index in [-0.39, 0.29) is 41.3 Å². The van der Waals surface area contributed by atoms with E-state index in [0.717, 1.165) is 41.9 Å². The number of carbonyl (C=O) groups is 1. The fourth-order valence-electron chi connectivity index (χ4n) is 7.65. The van der Waals surface area contributed by atoms with Crippen LogP contribution in [0.1, 0.15) is 73.9 Å². The van der Waals surface area contributed by atoms with Gasteiger partial charge in [-0.2, -0.15) is 4.98 Å². The van der Waals surface area contributed by atoms with E-state index in [1.54, 1.807) is 18.2 Å². The minimum Gasteiger partial charge on any atom is -0.475 e. The van der Waals surface area contributed by atoms with Crippen LogP contribution >= 0.6 is 0 Å². The van der Waals surface area contributed by atoms with Gasteiger partial charge in [0, 0.05) is 34.8 Å². The van der Waals surface area contributed by atoms with E-state index >= 15 is 0 Å². The van der Waals surface area contributed by atoms with Gasteiger partial charge in [-0.15, -0.1) is 0 Å². The Morgan fingerprint density at radius 2 is 1.75 bits per heavy atom. The van der Waals surface area contributed by atoms with Gasteiger partial charge in [-0.05, 0) is 93.5 Å². The molecule has 0 radical (unpaired) electrons. The molecular formula is C34H41N5O4S. The summed E-state index contributed by atoms with van der Waals surface area (Å²) in [7, 11) is -4.10. The molecule has 4 fully saturated rings. The number of ether oxygens (including phenoxy) is 1. The Kier molecular flexibility index (Phi) is 7.20. The van der Waals surface area contributed by atoms with Crippen LogP contribution in [0, 0.1) is 25.7 Å². The summed E-state index contributed by atoms with van der Waals surface area (Å²) >= 11 is 0. The van der Waals surface area contributed by atoms with Crippen molar-refractivity contribution >= 4 is 21.9 Å². The van der Waals surface area contributed by atoms with Crippen LogP contribution < -0.4 is 14.8 Å². The Morgan fingerprint density at radius 1 is 1.05 bits per heavy atom. The number of sulfonamides is 1. The van der Waals surface area contributed by atoms with Gasteiger partial charge in [0.1, 0.15) is 6.61 Å². The average Bonchev–Trinajstić information content (AvgIpc) is 2.89. The van der Waals surface area contributed by atoms with Gasteiger partial charge in [0.25, 0.3) is 15.9 Å². The molecule has 0 spiro atoms. The van der Waals surface area contributed by atoms with Crippen LogP contribution in [0.3, 0.4) is 0 Å². The monoisotopic (exact) mass is 615 g/mol. The van der Waals surface area contributed by atoms with Gasteiger partial charge >= 0.3 is 0 Å². The second-order valence-electron chi connectivity index (χ2n) is 13.8. The fraction of sp³-hybridized carbons (Fsp3) is 0.500. The number of hydrogen-bond donors (Lipinski definition) is 2. The molecule has 2 aromatic carbocycles. The third-order valence-electron chi connectivity index (χ3n) is 9.91. The molecule has 5 aliphatic rings. The Hall–Kier alpha value is -3.50. The smallest absolute Gasteiger partial charge is 0.264 e. The van der Waals surface area contributed by atoms with E-state index in [4.69, 9.17) is 4.74 Å². The molecule has 0 saturated heterocycles. The summed E-state index contributed by atoms with van der Waals surface area (Å²) in [6, 6.07) is 14.2. The predicted molar refractivity (Wildman–Crippen MR) is 169 cm³/mol. The van der Waals surface area contributed by atoms with E-state index in [0.29, 0.717) is 28.8 Å². The van der Waals surface area contributed by atoms with Crippen molar-refractivity contribution < 1.29 is 17.9 Å². The molecule has 1 atom stereocenters. The first-order chi connectivity index (χ1) is 21.0. The first kappa shape index (κ1) is 29.2. The number of aryl methyl sites for hydroxylation is 2. The van der Waals surface area contributed by atoms with Crippen molar-refractivity contribution in [3.63, 3.8) is 0 Å². The topological polar surface area (TPSA) is 114 Å². The summed E-state index contributed by atoms with van der Waals surface area (Å²) in [6.45, 7) is 8.53. The first-order valence-corrected chi connectivity index (χ1v) is 17.3. The van der Waals surface area contributed by atoms with Gasteiger partial charge in [0.2, 0.25) is 11.8 Å². The number of carbonyl (C=O) groups excluding carboxylic acids is 1. The summed E-state index contributed by atoms with van der Waals surface area (Å²) in [5.74, 6) is 1.24. The maximum atomic E-state index is 14.3. The summed E-state index contributed by atoms with van der Waals surface area (Å²) in [5, 5.41) is 3.89. The molecule has 9 nitrogen and oxygen atoms in total. The van der Waals surface area contributed by atoms with Crippen LogP contribution in [-0.2, 0) is 10.0 Å². The average molecular weight is 616 g/mol. The number of anilines is 1. The van der Waals surface area contributed by atoms with E-state index in [1.165, 1.54) is 31.4 Å². The Bertz CT molecular complexity index is 1680. The first-order valence-electron chi connectivity index (χ1n) is 15.8. The fourth-order valence-corrected chi connectivity index (χ4v) is 8.64. The number of amides is 1. The molecule has 0 unspecified atom stereocenters. The zero-order valence-corrected chi connectivity index (χ0v) is 26.7. The maximum absolute atomic E-state index is 14.3. The van der Waals surface area contributed by atoms with Gasteiger partial charge in [-0.1, -0.05) is 38.1 Å². The van der Waals surface area contributed by atoms with Gasteiger partial charge in [0.05, 0.1) is 16.6 Å². The second kappa shape index (κ2) is 10.8. The number of aromatic nitrogens is 2. The molecule has 232 valence electrons. The molecule has 4 aliphatic carbocycles. The number of hydrogen-bond acceptors (Lipinski definition) is 7. The van der Waals surface area contributed by atoms with E-state index in [2.05, 4.69) is 33.9 Å². The summed E-state index contributed by atoms with van der Waals surface area (Å²) in [5.41, 5.74) is 4.17. The van der Waals surface area contributed by atoms with Crippen molar-refractivity contribution in [3.05, 3.63) is 65.2 Å². The highest BCUT2D eigenvalue weighted by Gasteiger charge is 2.58. The SMILES string of the molecule is Cc1cccc(C)c1-c1cc2nc(n1)NS(=O)(=O)c1cccc(c1)C(=O)N(C1CC(NC34CC(C3)C4)C1)[C@H](CC(C)C)CO2. The summed E-state index contributed by atoms with van der Waals surface area (Å²) in [4.78, 5) is 25.4. The van der Waals surface area contributed by atoms with Crippen molar-refractivity contribution in [2.24, 2.45) is 11.8 Å².